The van der Waals surface area contributed by atoms with Crippen molar-refractivity contribution < 1.29 is 14.0 Å². The molecule has 2 amide bonds. The summed E-state index contributed by atoms with van der Waals surface area (Å²) in [5.41, 5.74) is 7.57. The first-order valence-corrected chi connectivity index (χ1v) is 7.83. The first-order valence-electron chi connectivity index (χ1n) is 7.83. The van der Waals surface area contributed by atoms with Gasteiger partial charge in [-0.15, -0.1) is 0 Å². The molecular formula is C18H16FN5O2. The van der Waals surface area contributed by atoms with Crippen molar-refractivity contribution in [2.75, 3.05) is 0 Å². The number of amides is 2. The second kappa shape index (κ2) is 7.14. The van der Waals surface area contributed by atoms with Gasteiger partial charge in [-0.2, -0.15) is 5.10 Å². The van der Waals surface area contributed by atoms with Crippen LogP contribution in [0, 0.1) is 5.82 Å². The fraction of sp³-hybridized carbons (Fsp3) is 0.111. The number of hydrogen-bond donors (Lipinski definition) is 3. The Morgan fingerprint density at radius 2 is 2.08 bits per heavy atom. The first kappa shape index (κ1) is 17.3. The molecule has 2 heterocycles. The predicted octanol–water partition coefficient (Wildman–Crippen LogP) is 1.87. The minimum absolute atomic E-state index is 0.132. The van der Waals surface area contributed by atoms with Crippen LogP contribution in [-0.2, 0) is 4.79 Å². The van der Waals surface area contributed by atoms with E-state index in [1.807, 2.05) is 0 Å². The fourth-order valence-corrected chi connectivity index (χ4v) is 2.29. The summed E-state index contributed by atoms with van der Waals surface area (Å²) in [5.74, 6) is -1.49. The van der Waals surface area contributed by atoms with E-state index in [4.69, 9.17) is 5.73 Å². The number of H-pyrrole nitrogens is 1. The summed E-state index contributed by atoms with van der Waals surface area (Å²) in [7, 11) is 0. The van der Waals surface area contributed by atoms with E-state index in [1.165, 1.54) is 25.1 Å². The van der Waals surface area contributed by atoms with Crippen molar-refractivity contribution in [3.8, 4) is 0 Å². The number of rotatable bonds is 5. The van der Waals surface area contributed by atoms with Gasteiger partial charge in [0.2, 0.25) is 5.91 Å². The molecule has 1 atom stereocenters. The van der Waals surface area contributed by atoms with Crippen LogP contribution >= 0.6 is 0 Å². The molecule has 132 valence electrons. The number of aromatic nitrogens is 3. The number of pyridine rings is 1. The van der Waals surface area contributed by atoms with Crippen LogP contribution < -0.4 is 11.1 Å². The van der Waals surface area contributed by atoms with E-state index in [1.54, 1.807) is 30.4 Å². The van der Waals surface area contributed by atoms with Crippen LogP contribution in [0.25, 0.3) is 23.2 Å². The number of benzene rings is 1. The quantitative estimate of drug-likeness (QED) is 0.650. The summed E-state index contributed by atoms with van der Waals surface area (Å²) >= 11 is 0. The number of nitrogens with zero attached hydrogens (tertiary/aromatic N) is 2. The molecule has 3 rings (SSSR count). The van der Waals surface area contributed by atoms with E-state index in [2.05, 4.69) is 20.5 Å². The lowest BCUT2D eigenvalue weighted by molar-refractivity contribution is -0.119. The van der Waals surface area contributed by atoms with Crippen LogP contribution in [-0.4, -0.2) is 33.0 Å². The number of aromatic amines is 1. The Morgan fingerprint density at radius 1 is 1.27 bits per heavy atom. The van der Waals surface area contributed by atoms with Crippen molar-refractivity contribution in [1.82, 2.24) is 20.5 Å². The van der Waals surface area contributed by atoms with E-state index < -0.39 is 17.9 Å². The largest absolute Gasteiger partial charge is 0.368 e. The maximum absolute atomic E-state index is 13.2. The zero-order valence-electron chi connectivity index (χ0n) is 13.9. The van der Waals surface area contributed by atoms with Crippen molar-refractivity contribution in [3.63, 3.8) is 0 Å². The standard InChI is InChI=1S/C18H16FN5O2/c1-10(17(20)25)21-18(26)15-8-7-14-16(22-15)13(23-24-14)6-5-11-3-2-4-12(19)9-11/h2-10H,1H3,(H2,20,25)(H,21,26)(H,23,24)/b6-5+. The number of hydrogen-bond acceptors (Lipinski definition) is 4. The molecule has 4 N–H and O–H groups in total. The van der Waals surface area contributed by atoms with Gasteiger partial charge >= 0.3 is 0 Å². The van der Waals surface area contributed by atoms with Gasteiger partial charge in [0.1, 0.15) is 28.8 Å². The van der Waals surface area contributed by atoms with Gasteiger partial charge < -0.3 is 11.1 Å². The third-order valence-electron chi connectivity index (χ3n) is 3.72. The highest BCUT2D eigenvalue weighted by molar-refractivity contribution is 5.98. The number of carbonyl (C=O) groups excluding carboxylic acids is 2. The van der Waals surface area contributed by atoms with Gasteiger partial charge in [-0.05, 0) is 42.8 Å². The van der Waals surface area contributed by atoms with Gasteiger partial charge in [0, 0.05) is 0 Å². The third-order valence-corrected chi connectivity index (χ3v) is 3.72. The SMILES string of the molecule is CC(NC(=O)c1ccc2[nH]nc(/C=C/c3cccc(F)c3)c2n1)C(N)=O. The Morgan fingerprint density at radius 3 is 2.81 bits per heavy atom. The zero-order valence-corrected chi connectivity index (χ0v) is 13.9. The topological polar surface area (TPSA) is 114 Å². The van der Waals surface area contributed by atoms with Crippen molar-refractivity contribution in [2.45, 2.75) is 13.0 Å². The van der Waals surface area contributed by atoms with Gasteiger partial charge in [-0.1, -0.05) is 18.2 Å². The molecule has 8 heteroatoms. The van der Waals surface area contributed by atoms with Crippen LogP contribution in [0.15, 0.2) is 36.4 Å². The zero-order chi connectivity index (χ0) is 18.7. The Kier molecular flexibility index (Phi) is 4.74. The number of nitrogens with two attached hydrogens (primary N) is 1. The molecule has 0 saturated heterocycles. The van der Waals surface area contributed by atoms with Crippen LogP contribution in [0.3, 0.4) is 0 Å². The lowest BCUT2D eigenvalue weighted by atomic mass is 10.2. The first-order chi connectivity index (χ1) is 12.4. The van der Waals surface area contributed by atoms with E-state index in [9.17, 15) is 14.0 Å². The summed E-state index contributed by atoms with van der Waals surface area (Å²) in [6, 6.07) is 8.49. The number of fused-ring (bicyclic) bond motifs is 1. The molecule has 26 heavy (non-hydrogen) atoms. The Labute approximate surface area is 148 Å². The van der Waals surface area contributed by atoms with Crippen LogP contribution in [0.5, 0.6) is 0 Å². The smallest absolute Gasteiger partial charge is 0.270 e. The van der Waals surface area contributed by atoms with Gasteiger partial charge in [0.05, 0.1) is 5.52 Å². The number of primary amides is 1. The maximum Gasteiger partial charge on any atom is 0.270 e. The Bertz CT molecular complexity index is 1010. The lowest BCUT2D eigenvalue weighted by Crippen LogP contribution is -2.42. The number of nitrogens with one attached hydrogen (secondary N) is 2. The molecule has 0 aliphatic heterocycles. The highest BCUT2D eigenvalue weighted by Crippen LogP contribution is 2.17. The fourth-order valence-electron chi connectivity index (χ4n) is 2.29. The van der Waals surface area contributed by atoms with Gasteiger partial charge in [0.25, 0.3) is 5.91 Å². The summed E-state index contributed by atoms with van der Waals surface area (Å²) in [6.45, 7) is 1.49. The van der Waals surface area contributed by atoms with Crippen LogP contribution in [0.2, 0.25) is 0 Å². The van der Waals surface area contributed by atoms with E-state index in [0.29, 0.717) is 22.3 Å². The molecule has 1 aromatic carbocycles. The summed E-state index contributed by atoms with van der Waals surface area (Å²) in [4.78, 5) is 27.5. The average molecular weight is 353 g/mol. The predicted molar refractivity (Wildman–Crippen MR) is 95.3 cm³/mol. The highest BCUT2D eigenvalue weighted by atomic mass is 19.1. The van der Waals surface area contributed by atoms with E-state index in [-0.39, 0.29) is 11.5 Å². The third kappa shape index (κ3) is 3.75. The van der Waals surface area contributed by atoms with Crippen molar-refractivity contribution in [2.24, 2.45) is 5.73 Å². The molecule has 0 bridgehead atoms. The summed E-state index contributed by atoms with van der Waals surface area (Å²) < 4.78 is 13.2. The Balaban J connectivity index is 1.88. The highest BCUT2D eigenvalue weighted by Gasteiger charge is 2.16. The normalized spacial score (nSPS) is 12.4. The molecular weight excluding hydrogens is 337 g/mol. The monoisotopic (exact) mass is 353 g/mol. The molecule has 2 aromatic heterocycles. The molecule has 0 radical (unpaired) electrons. The molecule has 0 spiro atoms. The van der Waals surface area contributed by atoms with Gasteiger partial charge in [0.15, 0.2) is 0 Å². The van der Waals surface area contributed by atoms with E-state index in [0.717, 1.165) is 0 Å². The van der Waals surface area contributed by atoms with Crippen molar-refractivity contribution in [1.29, 1.82) is 0 Å². The molecule has 7 nitrogen and oxygen atoms in total. The Hall–Kier alpha value is -3.55. The molecule has 3 aromatic rings. The number of carbonyl (C=O) groups is 2. The van der Waals surface area contributed by atoms with Crippen molar-refractivity contribution >= 4 is 35.0 Å². The minimum Gasteiger partial charge on any atom is -0.368 e. The van der Waals surface area contributed by atoms with Gasteiger partial charge in [-0.25, -0.2) is 9.37 Å². The average Bonchev–Trinajstić information content (AvgIpc) is 3.02. The number of halogens is 1. The van der Waals surface area contributed by atoms with Crippen LogP contribution in [0.4, 0.5) is 4.39 Å². The van der Waals surface area contributed by atoms with Crippen LogP contribution in [0.1, 0.15) is 28.7 Å². The van der Waals surface area contributed by atoms with E-state index >= 15 is 0 Å². The molecule has 0 fully saturated rings. The lowest BCUT2D eigenvalue weighted by Gasteiger charge is -2.09. The van der Waals surface area contributed by atoms with Crippen molar-refractivity contribution in [3.05, 3.63) is 59.2 Å². The minimum atomic E-state index is -0.809. The molecule has 0 aliphatic rings. The maximum atomic E-state index is 13.2. The molecule has 1 unspecified atom stereocenters. The molecule has 0 aliphatic carbocycles. The molecule has 0 saturated carbocycles. The second-order valence-electron chi connectivity index (χ2n) is 5.69. The second-order valence-corrected chi connectivity index (χ2v) is 5.69. The summed E-state index contributed by atoms with van der Waals surface area (Å²) in [5, 5.41) is 9.44. The van der Waals surface area contributed by atoms with Gasteiger partial charge in [-0.3, -0.25) is 14.7 Å². The summed E-state index contributed by atoms with van der Waals surface area (Å²) in [6.07, 6.45) is 3.37.